The van der Waals surface area contributed by atoms with Gasteiger partial charge in [-0.15, -0.1) is 0 Å². The molecule has 37 heavy (non-hydrogen) atoms. The third-order valence-electron chi connectivity index (χ3n) is 7.19. The highest BCUT2D eigenvalue weighted by Gasteiger charge is 2.05. The third-order valence-corrected chi connectivity index (χ3v) is 7.19. The SMILES string of the molecule is CCCCCCCCCOCCCCCCN(CCO)CCCCCCCCOC(=O)CCCCCC. The first-order valence-electron chi connectivity index (χ1n) is 16.3. The van der Waals surface area contributed by atoms with Crippen LogP contribution >= 0.6 is 0 Å². The van der Waals surface area contributed by atoms with Gasteiger partial charge in [0.05, 0.1) is 13.2 Å². The zero-order valence-corrected chi connectivity index (χ0v) is 25.1. The average Bonchev–Trinajstić information content (AvgIpc) is 2.90. The number of hydrogen-bond acceptors (Lipinski definition) is 5. The summed E-state index contributed by atoms with van der Waals surface area (Å²) in [6.07, 6.45) is 26.4. The van der Waals surface area contributed by atoms with E-state index in [1.54, 1.807) is 0 Å². The van der Waals surface area contributed by atoms with E-state index >= 15 is 0 Å². The van der Waals surface area contributed by atoms with Gasteiger partial charge in [0.1, 0.15) is 0 Å². The molecule has 0 aliphatic heterocycles. The molecule has 0 unspecified atom stereocenters. The Morgan fingerprint density at radius 2 is 0.973 bits per heavy atom. The van der Waals surface area contributed by atoms with Crippen LogP contribution < -0.4 is 0 Å². The van der Waals surface area contributed by atoms with Crippen molar-refractivity contribution < 1.29 is 19.4 Å². The van der Waals surface area contributed by atoms with Crippen LogP contribution in [-0.4, -0.2) is 62.0 Å². The van der Waals surface area contributed by atoms with Gasteiger partial charge in [-0.2, -0.15) is 0 Å². The largest absolute Gasteiger partial charge is 0.466 e. The van der Waals surface area contributed by atoms with Crippen molar-refractivity contribution in [1.29, 1.82) is 0 Å². The van der Waals surface area contributed by atoms with Crippen LogP contribution in [0, 0.1) is 0 Å². The Morgan fingerprint density at radius 3 is 1.49 bits per heavy atom. The van der Waals surface area contributed by atoms with Gasteiger partial charge in [0.2, 0.25) is 0 Å². The topological polar surface area (TPSA) is 59.0 Å². The molecule has 0 saturated heterocycles. The Bertz CT molecular complexity index is 447. The van der Waals surface area contributed by atoms with Crippen LogP contribution in [0.4, 0.5) is 0 Å². The second-order valence-corrected chi connectivity index (χ2v) is 10.9. The smallest absolute Gasteiger partial charge is 0.305 e. The molecule has 0 heterocycles. The van der Waals surface area contributed by atoms with Crippen molar-refractivity contribution in [1.82, 2.24) is 4.90 Å². The fraction of sp³-hybridized carbons (Fsp3) is 0.969. The lowest BCUT2D eigenvalue weighted by Crippen LogP contribution is -2.29. The molecule has 0 bridgehead atoms. The predicted octanol–water partition coefficient (Wildman–Crippen LogP) is 8.46. The molecule has 0 radical (unpaired) electrons. The van der Waals surface area contributed by atoms with E-state index in [4.69, 9.17) is 9.47 Å². The molecule has 0 atom stereocenters. The van der Waals surface area contributed by atoms with Crippen molar-refractivity contribution >= 4 is 5.97 Å². The van der Waals surface area contributed by atoms with E-state index in [1.807, 2.05) is 0 Å². The quantitative estimate of drug-likeness (QED) is 0.0724. The first-order chi connectivity index (χ1) is 18.2. The van der Waals surface area contributed by atoms with Crippen LogP contribution in [0.5, 0.6) is 0 Å². The van der Waals surface area contributed by atoms with Gasteiger partial charge >= 0.3 is 5.97 Å². The highest BCUT2D eigenvalue weighted by molar-refractivity contribution is 5.69. The van der Waals surface area contributed by atoms with Crippen LogP contribution in [0.3, 0.4) is 0 Å². The second-order valence-electron chi connectivity index (χ2n) is 10.9. The number of ether oxygens (including phenoxy) is 2. The van der Waals surface area contributed by atoms with Crippen molar-refractivity contribution in [3.63, 3.8) is 0 Å². The Morgan fingerprint density at radius 1 is 0.541 bits per heavy atom. The summed E-state index contributed by atoms with van der Waals surface area (Å²) >= 11 is 0. The van der Waals surface area contributed by atoms with Gasteiger partial charge in [0.15, 0.2) is 0 Å². The van der Waals surface area contributed by atoms with Gasteiger partial charge in [0, 0.05) is 26.2 Å². The molecular formula is C32H65NO4. The molecule has 0 rings (SSSR count). The number of carbonyl (C=O) groups is 1. The maximum Gasteiger partial charge on any atom is 0.305 e. The normalized spacial score (nSPS) is 11.5. The van der Waals surface area contributed by atoms with Crippen molar-refractivity contribution in [2.24, 2.45) is 0 Å². The summed E-state index contributed by atoms with van der Waals surface area (Å²) in [6.45, 7) is 10.1. The van der Waals surface area contributed by atoms with Crippen LogP contribution in [-0.2, 0) is 14.3 Å². The highest BCUT2D eigenvalue weighted by Crippen LogP contribution is 2.10. The molecule has 0 aliphatic rings. The second kappa shape index (κ2) is 31.6. The van der Waals surface area contributed by atoms with E-state index in [2.05, 4.69) is 18.7 Å². The minimum Gasteiger partial charge on any atom is -0.466 e. The van der Waals surface area contributed by atoms with Gasteiger partial charge in [-0.1, -0.05) is 110 Å². The lowest BCUT2D eigenvalue weighted by Gasteiger charge is -2.21. The summed E-state index contributed by atoms with van der Waals surface area (Å²) in [4.78, 5) is 14.1. The van der Waals surface area contributed by atoms with E-state index in [-0.39, 0.29) is 12.6 Å². The van der Waals surface area contributed by atoms with E-state index in [1.165, 1.54) is 109 Å². The summed E-state index contributed by atoms with van der Waals surface area (Å²) < 4.78 is 11.1. The van der Waals surface area contributed by atoms with Crippen LogP contribution in [0.2, 0.25) is 0 Å². The van der Waals surface area contributed by atoms with Gasteiger partial charge < -0.3 is 19.5 Å². The fourth-order valence-electron chi connectivity index (χ4n) is 4.73. The molecule has 5 heteroatoms. The van der Waals surface area contributed by atoms with E-state index < -0.39 is 0 Å². The number of hydrogen-bond donors (Lipinski definition) is 1. The highest BCUT2D eigenvalue weighted by atomic mass is 16.5. The molecular weight excluding hydrogens is 462 g/mol. The first kappa shape index (κ1) is 36.4. The number of nitrogens with zero attached hydrogens (tertiary/aromatic N) is 1. The van der Waals surface area contributed by atoms with Crippen molar-refractivity contribution in [2.45, 2.75) is 155 Å². The third kappa shape index (κ3) is 29.8. The number of rotatable bonds is 31. The number of unbranched alkanes of at least 4 members (excludes halogenated alkanes) is 17. The molecule has 5 nitrogen and oxygen atoms in total. The van der Waals surface area contributed by atoms with Crippen LogP contribution in [0.25, 0.3) is 0 Å². The number of carbonyl (C=O) groups excluding carboxylic acids is 1. The molecule has 0 fully saturated rings. The van der Waals surface area contributed by atoms with Gasteiger partial charge in [-0.25, -0.2) is 0 Å². The number of esters is 1. The molecule has 1 N–H and O–H groups in total. The molecule has 0 aliphatic carbocycles. The standard InChI is InChI=1S/C32H65NO4/c1-3-5-7-9-11-15-21-29-36-30-22-17-14-20-26-33(27-28-34)25-19-13-10-12-16-23-31-37-32(35)24-18-8-6-4-2/h34H,3-31H2,1-2H3. The molecule has 0 spiro atoms. The van der Waals surface area contributed by atoms with Gasteiger partial charge in [-0.3, -0.25) is 4.79 Å². The molecule has 222 valence electrons. The summed E-state index contributed by atoms with van der Waals surface area (Å²) in [5.74, 6) is -0.0211. The Kier molecular flexibility index (Phi) is 31.0. The summed E-state index contributed by atoms with van der Waals surface area (Å²) in [5, 5.41) is 9.39. The number of aliphatic hydroxyl groups is 1. The van der Waals surface area contributed by atoms with Crippen LogP contribution in [0.1, 0.15) is 155 Å². The maximum atomic E-state index is 11.7. The zero-order chi connectivity index (χ0) is 27.1. The average molecular weight is 528 g/mol. The minimum atomic E-state index is -0.0211. The summed E-state index contributed by atoms with van der Waals surface area (Å²) in [6, 6.07) is 0. The molecule has 0 aromatic heterocycles. The van der Waals surface area contributed by atoms with Crippen molar-refractivity contribution in [3.05, 3.63) is 0 Å². The lowest BCUT2D eigenvalue weighted by atomic mass is 10.1. The Labute approximate surface area is 231 Å². The van der Waals surface area contributed by atoms with Gasteiger partial charge in [0.25, 0.3) is 0 Å². The van der Waals surface area contributed by atoms with Crippen LogP contribution in [0.15, 0.2) is 0 Å². The lowest BCUT2D eigenvalue weighted by molar-refractivity contribution is -0.143. The minimum absolute atomic E-state index is 0.0211. The summed E-state index contributed by atoms with van der Waals surface area (Å²) in [7, 11) is 0. The van der Waals surface area contributed by atoms with E-state index in [0.717, 1.165) is 58.5 Å². The van der Waals surface area contributed by atoms with Crippen molar-refractivity contribution in [3.8, 4) is 0 Å². The molecule has 0 amide bonds. The molecule has 0 aromatic carbocycles. The predicted molar refractivity (Wildman–Crippen MR) is 158 cm³/mol. The Balaban J connectivity index is 3.44. The first-order valence-corrected chi connectivity index (χ1v) is 16.3. The fourth-order valence-corrected chi connectivity index (χ4v) is 4.73. The van der Waals surface area contributed by atoms with E-state index in [9.17, 15) is 9.90 Å². The monoisotopic (exact) mass is 527 g/mol. The van der Waals surface area contributed by atoms with E-state index in [0.29, 0.717) is 13.0 Å². The Hall–Kier alpha value is -0.650. The summed E-state index contributed by atoms with van der Waals surface area (Å²) in [5.41, 5.74) is 0. The molecule has 0 saturated carbocycles. The zero-order valence-electron chi connectivity index (χ0n) is 25.1. The van der Waals surface area contributed by atoms with Gasteiger partial charge in [-0.05, 0) is 51.6 Å². The van der Waals surface area contributed by atoms with Crippen molar-refractivity contribution in [2.75, 3.05) is 46.1 Å². The maximum absolute atomic E-state index is 11.7. The molecule has 0 aromatic rings. The number of aliphatic hydroxyl groups excluding tert-OH is 1.